The van der Waals surface area contributed by atoms with Gasteiger partial charge in [-0.2, -0.15) is 12.6 Å². The first kappa shape index (κ1) is 6.68. The standard InChI is InChI=1S/C6H10N2S/c1-6-7-2-3-8(6)4-5-9/h2-3,9H,4-5H2,1H3/p+1. The van der Waals surface area contributed by atoms with E-state index in [9.17, 15) is 0 Å². The number of imidazole rings is 1. The van der Waals surface area contributed by atoms with E-state index in [2.05, 4.69) is 22.2 Å². The molecule has 9 heavy (non-hydrogen) atoms. The Balaban J connectivity index is 2.69. The Morgan fingerprint density at radius 1 is 1.78 bits per heavy atom. The van der Waals surface area contributed by atoms with Crippen LogP contribution >= 0.6 is 12.6 Å². The maximum atomic E-state index is 4.12. The fourth-order valence-electron chi connectivity index (χ4n) is 0.793. The minimum absolute atomic E-state index is 0.892. The summed E-state index contributed by atoms with van der Waals surface area (Å²) < 4.78 is 2.13. The summed E-state index contributed by atoms with van der Waals surface area (Å²) in [6.07, 6.45) is 3.95. The smallest absolute Gasteiger partial charge is 0.248 e. The molecule has 2 nitrogen and oxygen atoms in total. The van der Waals surface area contributed by atoms with Crippen LogP contribution in [-0.2, 0) is 6.54 Å². The highest BCUT2D eigenvalue weighted by Crippen LogP contribution is 1.81. The van der Waals surface area contributed by atoms with Crippen molar-refractivity contribution in [3.63, 3.8) is 0 Å². The quantitative estimate of drug-likeness (QED) is 0.445. The van der Waals surface area contributed by atoms with Gasteiger partial charge in [-0.25, -0.2) is 9.55 Å². The molecule has 1 heterocycles. The highest BCUT2D eigenvalue weighted by atomic mass is 32.1. The number of thiol groups is 1. The van der Waals surface area contributed by atoms with E-state index in [1.54, 1.807) is 0 Å². The van der Waals surface area contributed by atoms with Gasteiger partial charge in [-0.05, 0) is 0 Å². The second-order valence-corrected chi connectivity index (χ2v) is 2.41. The Morgan fingerprint density at radius 3 is 3.00 bits per heavy atom. The number of aromatic amines is 1. The van der Waals surface area contributed by atoms with Gasteiger partial charge in [0, 0.05) is 12.7 Å². The van der Waals surface area contributed by atoms with Crippen LogP contribution in [0.5, 0.6) is 0 Å². The predicted octanol–water partition coefficient (Wildman–Crippen LogP) is 0.540. The van der Waals surface area contributed by atoms with Gasteiger partial charge in [-0.3, -0.25) is 0 Å². The molecule has 0 saturated carbocycles. The molecule has 0 spiro atoms. The van der Waals surface area contributed by atoms with Crippen molar-refractivity contribution in [2.75, 3.05) is 5.75 Å². The van der Waals surface area contributed by atoms with Crippen LogP contribution in [0.2, 0.25) is 0 Å². The maximum Gasteiger partial charge on any atom is 0.251 e. The molecule has 1 aromatic rings. The number of H-pyrrole nitrogens is 1. The summed E-state index contributed by atoms with van der Waals surface area (Å²) in [5.41, 5.74) is 0. The third-order valence-electron chi connectivity index (χ3n) is 1.32. The van der Waals surface area contributed by atoms with E-state index in [0.717, 1.165) is 12.3 Å². The predicted molar refractivity (Wildman–Crippen MR) is 39.6 cm³/mol. The van der Waals surface area contributed by atoms with Crippen molar-refractivity contribution in [1.29, 1.82) is 0 Å². The van der Waals surface area contributed by atoms with Crippen molar-refractivity contribution >= 4 is 12.6 Å². The fourth-order valence-corrected chi connectivity index (χ4v) is 1.01. The third kappa shape index (κ3) is 1.48. The molecular weight excluding hydrogens is 132 g/mol. The molecular formula is C6H11N2S+. The lowest BCUT2D eigenvalue weighted by atomic mass is 10.6. The summed E-state index contributed by atoms with van der Waals surface area (Å²) in [5, 5.41) is 0. The van der Waals surface area contributed by atoms with Gasteiger partial charge in [0.15, 0.2) is 0 Å². The Morgan fingerprint density at radius 2 is 2.56 bits per heavy atom. The number of nitrogens with zero attached hydrogens (tertiary/aromatic N) is 1. The lowest BCUT2D eigenvalue weighted by molar-refractivity contribution is -0.697. The van der Waals surface area contributed by atoms with Crippen LogP contribution in [-0.4, -0.2) is 10.7 Å². The number of rotatable bonds is 2. The second-order valence-electron chi connectivity index (χ2n) is 1.96. The maximum absolute atomic E-state index is 4.12. The molecule has 1 rings (SSSR count). The average Bonchev–Trinajstić information content (AvgIpc) is 2.18. The third-order valence-corrected chi connectivity index (χ3v) is 1.52. The van der Waals surface area contributed by atoms with Gasteiger partial charge < -0.3 is 0 Å². The lowest BCUT2D eigenvalue weighted by Crippen LogP contribution is -2.35. The molecule has 0 amide bonds. The Hall–Kier alpha value is -0.440. The molecule has 0 aliphatic carbocycles. The van der Waals surface area contributed by atoms with Gasteiger partial charge in [0.1, 0.15) is 12.4 Å². The summed E-state index contributed by atoms with van der Waals surface area (Å²) in [4.78, 5) is 3.08. The number of hydrogen-bond donors (Lipinski definition) is 2. The zero-order valence-electron chi connectivity index (χ0n) is 5.46. The molecule has 0 atom stereocenters. The topological polar surface area (TPSA) is 19.7 Å². The van der Waals surface area contributed by atoms with Gasteiger partial charge >= 0.3 is 0 Å². The zero-order valence-corrected chi connectivity index (χ0v) is 6.36. The van der Waals surface area contributed by atoms with Crippen LogP contribution in [0.1, 0.15) is 5.82 Å². The van der Waals surface area contributed by atoms with Crippen LogP contribution in [0.4, 0.5) is 0 Å². The average molecular weight is 143 g/mol. The number of aryl methyl sites for hydroxylation is 2. The van der Waals surface area contributed by atoms with Gasteiger partial charge in [-0.15, -0.1) is 0 Å². The molecule has 0 unspecified atom stereocenters. The van der Waals surface area contributed by atoms with Crippen LogP contribution in [0.25, 0.3) is 0 Å². The molecule has 0 saturated heterocycles. The van der Waals surface area contributed by atoms with Crippen LogP contribution in [0, 0.1) is 6.92 Å². The molecule has 0 fully saturated rings. The van der Waals surface area contributed by atoms with E-state index in [-0.39, 0.29) is 0 Å². The van der Waals surface area contributed by atoms with E-state index in [1.807, 2.05) is 19.3 Å². The molecule has 0 radical (unpaired) electrons. The van der Waals surface area contributed by atoms with E-state index >= 15 is 0 Å². The molecule has 0 aromatic carbocycles. The van der Waals surface area contributed by atoms with E-state index in [1.165, 1.54) is 5.82 Å². The summed E-state index contributed by atoms with van der Waals surface area (Å²) in [5.74, 6) is 2.08. The normalized spacial score (nSPS) is 10.0. The highest BCUT2D eigenvalue weighted by Gasteiger charge is 2.00. The van der Waals surface area contributed by atoms with Gasteiger partial charge in [-0.1, -0.05) is 0 Å². The van der Waals surface area contributed by atoms with Crippen molar-refractivity contribution in [2.45, 2.75) is 13.5 Å². The molecule has 3 heteroatoms. The van der Waals surface area contributed by atoms with Gasteiger partial charge in [0.2, 0.25) is 0 Å². The Labute approximate surface area is 60.3 Å². The first-order valence-electron chi connectivity index (χ1n) is 2.99. The van der Waals surface area contributed by atoms with Crippen molar-refractivity contribution in [2.24, 2.45) is 0 Å². The fraction of sp³-hybridized carbons (Fsp3) is 0.500. The summed E-state index contributed by atoms with van der Waals surface area (Å²) >= 11 is 4.12. The SMILES string of the molecule is Cc1[nH]cc[n+]1CCS. The van der Waals surface area contributed by atoms with Crippen molar-refractivity contribution < 1.29 is 4.57 Å². The molecule has 1 aromatic heterocycles. The summed E-state index contributed by atoms with van der Waals surface area (Å²) in [6, 6.07) is 0. The van der Waals surface area contributed by atoms with E-state index in [4.69, 9.17) is 0 Å². The number of aromatic nitrogens is 2. The summed E-state index contributed by atoms with van der Waals surface area (Å²) in [7, 11) is 0. The Bertz CT molecular complexity index is 183. The van der Waals surface area contributed by atoms with Gasteiger partial charge in [0.05, 0.1) is 6.54 Å². The molecule has 50 valence electrons. The first-order chi connectivity index (χ1) is 4.34. The lowest BCUT2D eigenvalue weighted by Gasteiger charge is -1.90. The number of hydrogen-bond acceptors (Lipinski definition) is 1. The second kappa shape index (κ2) is 2.92. The Kier molecular flexibility index (Phi) is 2.16. The minimum atomic E-state index is 0.892. The van der Waals surface area contributed by atoms with E-state index in [0.29, 0.717) is 0 Å². The summed E-state index contributed by atoms with van der Waals surface area (Å²) in [6.45, 7) is 3.03. The molecule has 0 aliphatic heterocycles. The van der Waals surface area contributed by atoms with Crippen LogP contribution < -0.4 is 4.57 Å². The highest BCUT2D eigenvalue weighted by molar-refractivity contribution is 7.80. The minimum Gasteiger partial charge on any atom is -0.248 e. The van der Waals surface area contributed by atoms with Gasteiger partial charge in [0.25, 0.3) is 5.82 Å². The van der Waals surface area contributed by atoms with Crippen molar-refractivity contribution in [1.82, 2.24) is 4.98 Å². The molecule has 0 aliphatic rings. The zero-order chi connectivity index (χ0) is 6.69. The number of nitrogens with one attached hydrogen (secondary N) is 1. The molecule has 1 N–H and O–H groups in total. The largest absolute Gasteiger partial charge is 0.251 e. The first-order valence-corrected chi connectivity index (χ1v) is 3.62. The van der Waals surface area contributed by atoms with E-state index < -0.39 is 0 Å². The monoisotopic (exact) mass is 143 g/mol. The van der Waals surface area contributed by atoms with Crippen LogP contribution in [0.15, 0.2) is 12.4 Å². The molecule has 0 bridgehead atoms. The van der Waals surface area contributed by atoms with Crippen molar-refractivity contribution in [3.05, 3.63) is 18.2 Å². The van der Waals surface area contributed by atoms with Crippen LogP contribution in [0.3, 0.4) is 0 Å². The van der Waals surface area contributed by atoms with Crippen molar-refractivity contribution in [3.8, 4) is 0 Å².